The van der Waals surface area contributed by atoms with Crippen molar-refractivity contribution in [1.29, 1.82) is 0 Å². The maximum absolute atomic E-state index is 12.0. The number of esters is 1. The van der Waals surface area contributed by atoms with Gasteiger partial charge in [-0.2, -0.15) is 0 Å². The quantitative estimate of drug-likeness (QED) is 0.786. The highest BCUT2D eigenvalue weighted by molar-refractivity contribution is 5.70. The zero-order chi connectivity index (χ0) is 17.6. The minimum absolute atomic E-state index is 0.0118. The molecule has 1 N–H and O–H groups in total. The molecular formula is C17H32N2O4. The number of rotatable bonds is 5. The summed E-state index contributed by atoms with van der Waals surface area (Å²) in [6.45, 7) is 11.5. The van der Waals surface area contributed by atoms with Crippen molar-refractivity contribution in [2.24, 2.45) is 5.92 Å². The molecule has 0 radical (unpaired) electrons. The lowest BCUT2D eigenvalue weighted by atomic mass is 9.90. The number of carbonyl (C=O) groups excluding carboxylic acids is 2. The SMILES string of the molecule is CCC(C)N1CC(CC(=O)OC)CC(NC(=O)OC(C)(C)C)C1. The van der Waals surface area contributed by atoms with E-state index >= 15 is 0 Å². The van der Waals surface area contributed by atoms with Crippen LogP contribution in [-0.2, 0) is 14.3 Å². The summed E-state index contributed by atoms with van der Waals surface area (Å²) in [5.41, 5.74) is -0.513. The Morgan fingerprint density at radius 1 is 1.30 bits per heavy atom. The average molecular weight is 328 g/mol. The summed E-state index contributed by atoms with van der Waals surface area (Å²) in [4.78, 5) is 25.9. The first-order chi connectivity index (χ1) is 10.6. The van der Waals surface area contributed by atoms with Crippen molar-refractivity contribution in [3.05, 3.63) is 0 Å². The van der Waals surface area contributed by atoms with Crippen LogP contribution in [0.2, 0.25) is 0 Å². The van der Waals surface area contributed by atoms with Gasteiger partial charge in [-0.25, -0.2) is 4.79 Å². The first-order valence-electron chi connectivity index (χ1n) is 8.45. The highest BCUT2D eigenvalue weighted by Gasteiger charge is 2.32. The lowest BCUT2D eigenvalue weighted by Gasteiger charge is -2.40. The van der Waals surface area contributed by atoms with Crippen LogP contribution in [0.25, 0.3) is 0 Å². The molecule has 23 heavy (non-hydrogen) atoms. The van der Waals surface area contributed by atoms with E-state index in [1.165, 1.54) is 7.11 Å². The fraction of sp³-hybridized carbons (Fsp3) is 0.882. The van der Waals surface area contributed by atoms with Crippen LogP contribution < -0.4 is 5.32 Å². The Bertz CT molecular complexity index is 406. The van der Waals surface area contributed by atoms with Crippen LogP contribution in [0.3, 0.4) is 0 Å². The van der Waals surface area contributed by atoms with Crippen molar-refractivity contribution in [3.63, 3.8) is 0 Å². The van der Waals surface area contributed by atoms with Gasteiger partial charge >= 0.3 is 12.1 Å². The molecule has 0 bridgehead atoms. The van der Waals surface area contributed by atoms with Crippen LogP contribution >= 0.6 is 0 Å². The second-order valence-electron chi connectivity index (χ2n) is 7.44. The van der Waals surface area contributed by atoms with Crippen LogP contribution in [-0.4, -0.2) is 54.8 Å². The Morgan fingerprint density at radius 2 is 1.96 bits per heavy atom. The van der Waals surface area contributed by atoms with Crippen molar-refractivity contribution in [3.8, 4) is 0 Å². The maximum atomic E-state index is 12.0. The topological polar surface area (TPSA) is 67.9 Å². The number of alkyl carbamates (subject to hydrolysis) is 1. The number of nitrogens with one attached hydrogen (secondary N) is 1. The summed E-state index contributed by atoms with van der Waals surface area (Å²) in [6, 6.07) is 0.403. The van der Waals surface area contributed by atoms with Gasteiger partial charge in [-0.15, -0.1) is 0 Å². The molecule has 1 amide bonds. The van der Waals surface area contributed by atoms with Gasteiger partial charge in [0.25, 0.3) is 0 Å². The van der Waals surface area contributed by atoms with Gasteiger partial charge in [-0.1, -0.05) is 6.92 Å². The van der Waals surface area contributed by atoms with E-state index < -0.39 is 11.7 Å². The molecule has 134 valence electrons. The third-order valence-corrected chi connectivity index (χ3v) is 4.18. The zero-order valence-corrected chi connectivity index (χ0v) is 15.3. The van der Waals surface area contributed by atoms with Crippen molar-refractivity contribution in [2.45, 2.75) is 71.6 Å². The number of nitrogens with zero attached hydrogens (tertiary/aromatic N) is 1. The van der Waals surface area contributed by atoms with E-state index in [1.54, 1.807) is 0 Å². The molecule has 0 spiro atoms. The molecule has 0 aromatic rings. The van der Waals surface area contributed by atoms with E-state index in [4.69, 9.17) is 9.47 Å². The fourth-order valence-electron chi connectivity index (χ4n) is 2.90. The van der Waals surface area contributed by atoms with Gasteiger partial charge in [0.1, 0.15) is 5.60 Å². The second kappa shape index (κ2) is 8.52. The van der Waals surface area contributed by atoms with Gasteiger partial charge in [0.15, 0.2) is 0 Å². The smallest absolute Gasteiger partial charge is 0.407 e. The van der Waals surface area contributed by atoms with Crippen molar-refractivity contribution < 1.29 is 19.1 Å². The maximum Gasteiger partial charge on any atom is 0.407 e. The molecule has 1 rings (SSSR count). The Hall–Kier alpha value is -1.30. The molecular weight excluding hydrogens is 296 g/mol. The monoisotopic (exact) mass is 328 g/mol. The Kier molecular flexibility index (Phi) is 7.32. The average Bonchev–Trinajstić information content (AvgIpc) is 2.43. The molecule has 1 aliphatic heterocycles. The van der Waals surface area contributed by atoms with Crippen molar-refractivity contribution in [1.82, 2.24) is 10.2 Å². The lowest BCUT2D eigenvalue weighted by molar-refractivity contribution is -0.142. The first-order valence-corrected chi connectivity index (χ1v) is 8.45. The molecule has 1 aliphatic rings. The van der Waals surface area contributed by atoms with E-state index in [-0.39, 0.29) is 17.9 Å². The number of carbonyl (C=O) groups is 2. The van der Waals surface area contributed by atoms with E-state index in [9.17, 15) is 9.59 Å². The van der Waals surface area contributed by atoms with E-state index in [2.05, 4.69) is 24.1 Å². The summed E-state index contributed by atoms with van der Waals surface area (Å²) >= 11 is 0. The Labute approximate surface area is 139 Å². The molecule has 1 fully saturated rings. The van der Waals surface area contributed by atoms with Crippen LogP contribution in [0.1, 0.15) is 53.9 Å². The molecule has 6 heteroatoms. The number of methoxy groups -OCH3 is 1. The molecule has 0 aliphatic carbocycles. The molecule has 3 unspecified atom stereocenters. The number of hydrogen-bond donors (Lipinski definition) is 1. The summed E-state index contributed by atoms with van der Waals surface area (Å²) < 4.78 is 10.1. The fourth-order valence-corrected chi connectivity index (χ4v) is 2.90. The van der Waals surface area contributed by atoms with Crippen LogP contribution in [0.15, 0.2) is 0 Å². The highest BCUT2D eigenvalue weighted by Crippen LogP contribution is 2.23. The van der Waals surface area contributed by atoms with Gasteiger partial charge in [0, 0.05) is 31.6 Å². The predicted octanol–water partition coefficient (Wildman–Crippen LogP) is 2.56. The minimum Gasteiger partial charge on any atom is -0.469 e. The number of hydrogen-bond acceptors (Lipinski definition) is 5. The first kappa shape index (κ1) is 19.7. The number of ether oxygens (including phenoxy) is 2. The predicted molar refractivity (Wildman–Crippen MR) is 89.2 cm³/mol. The molecule has 1 heterocycles. The van der Waals surface area contributed by atoms with Gasteiger partial charge in [0.05, 0.1) is 7.11 Å². The van der Waals surface area contributed by atoms with Gasteiger partial charge in [-0.05, 0) is 46.5 Å². The summed E-state index contributed by atoms with van der Waals surface area (Å²) in [6.07, 6.45) is 1.78. The minimum atomic E-state index is -0.513. The molecule has 0 aromatic carbocycles. The summed E-state index contributed by atoms with van der Waals surface area (Å²) in [5, 5.41) is 2.95. The third-order valence-electron chi connectivity index (χ3n) is 4.18. The molecule has 3 atom stereocenters. The van der Waals surface area contributed by atoms with Crippen LogP contribution in [0, 0.1) is 5.92 Å². The molecule has 0 saturated carbocycles. The lowest BCUT2D eigenvalue weighted by Crippen LogP contribution is -2.54. The second-order valence-corrected chi connectivity index (χ2v) is 7.44. The van der Waals surface area contributed by atoms with E-state index in [0.717, 1.165) is 25.9 Å². The van der Waals surface area contributed by atoms with Crippen molar-refractivity contribution >= 4 is 12.1 Å². The number of amides is 1. The molecule has 0 aromatic heterocycles. The van der Waals surface area contributed by atoms with Crippen LogP contribution in [0.5, 0.6) is 0 Å². The van der Waals surface area contributed by atoms with Gasteiger partial charge in [-0.3, -0.25) is 9.69 Å². The van der Waals surface area contributed by atoms with Gasteiger partial charge < -0.3 is 14.8 Å². The number of likely N-dealkylation sites (tertiary alicyclic amines) is 1. The standard InChI is InChI=1S/C17H32N2O4/c1-7-12(2)19-10-13(9-15(20)22-6)8-14(11-19)18-16(21)23-17(3,4)5/h12-14H,7-11H2,1-6H3,(H,18,21). The van der Waals surface area contributed by atoms with Crippen molar-refractivity contribution in [2.75, 3.05) is 20.2 Å². The van der Waals surface area contributed by atoms with E-state index in [1.807, 2.05) is 20.8 Å². The number of piperidine rings is 1. The molecule has 1 saturated heterocycles. The normalized spacial score (nSPS) is 23.9. The van der Waals surface area contributed by atoms with Gasteiger partial charge in [0.2, 0.25) is 0 Å². The third kappa shape index (κ3) is 7.20. The van der Waals surface area contributed by atoms with E-state index in [0.29, 0.717) is 12.5 Å². The summed E-state index contributed by atoms with van der Waals surface area (Å²) in [7, 11) is 1.41. The Morgan fingerprint density at radius 3 is 2.48 bits per heavy atom. The Balaban J connectivity index is 2.69. The van der Waals surface area contributed by atoms with Crippen LogP contribution in [0.4, 0.5) is 4.79 Å². The largest absolute Gasteiger partial charge is 0.469 e. The zero-order valence-electron chi connectivity index (χ0n) is 15.3. The highest BCUT2D eigenvalue weighted by atomic mass is 16.6. The summed E-state index contributed by atoms with van der Waals surface area (Å²) in [5.74, 6) is -0.0119. The molecule has 6 nitrogen and oxygen atoms in total.